The van der Waals surface area contributed by atoms with Crippen LogP contribution in [-0.2, 0) is 11.3 Å². The zero-order valence-electron chi connectivity index (χ0n) is 10.2. The number of rotatable bonds is 3. The van der Waals surface area contributed by atoms with Gasteiger partial charge in [-0.15, -0.1) is 0 Å². The summed E-state index contributed by atoms with van der Waals surface area (Å²) >= 11 is 3.07. The van der Waals surface area contributed by atoms with Crippen LogP contribution in [0.25, 0.3) is 0 Å². The van der Waals surface area contributed by atoms with Crippen molar-refractivity contribution in [2.45, 2.75) is 25.9 Å². The minimum Gasteiger partial charge on any atom is -0.381 e. The van der Waals surface area contributed by atoms with Gasteiger partial charge in [0.1, 0.15) is 11.6 Å². The Labute approximate surface area is 114 Å². The zero-order valence-corrected chi connectivity index (χ0v) is 11.8. The number of hydrogen-bond acceptors (Lipinski definition) is 2. The molecule has 0 aliphatic carbocycles. The fraction of sp³-hybridized carbons (Fsp3) is 0.538. The lowest BCUT2D eigenvalue weighted by atomic mass is 9.97. The van der Waals surface area contributed by atoms with Crippen LogP contribution in [0.15, 0.2) is 16.6 Å². The Bertz CT molecular complexity index is 428. The molecule has 2 atom stereocenters. The highest BCUT2D eigenvalue weighted by Gasteiger charge is 2.22. The molecule has 1 aliphatic heterocycles. The van der Waals surface area contributed by atoms with E-state index in [2.05, 4.69) is 28.2 Å². The molecule has 0 radical (unpaired) electrons. The molecule has 100 valence electrons. The fourth-order valence-electron chi connectivity index (χ4n) is 2.15. The van der Waals surface area contributed by atoms with Gasteiger partial charge in [-0.25, -0.2) is 8.78 Å². The van der Waals surface area contributed by atoms with Gasteiger partial charge in [-0.1, -0.05) is 6.92 Å². The highest BCUT2D eigenvalue weighted by atomic mass is 79.9. The maximum Gasteiger partial charge on any atom is 0.144 e. The van der Waals surface area contributed by atoms with Gasteiger partial charge in [0.25, 0.3) is 0 Å². The summed E-state index contributed by atoms with van der Waals surface area (Å²) in [6, 6.07) is 2.90. The first-order chi connectivity index (χ1) is 8.59. The first kappa shape index (κ1) is 13.9. The average Bonchev–Trinajstić information content (AvgIpc) is 2.36. The molecule has 2 rings (SSSR count). The van der Waals surface area contributed by atoms with E-state index in [1.54, 1.807) is 0 Å². The van der Waals surface area contributed by atoms with Gasteiger partial charge < -0.3 is 10.1 Å². The van der Waals surface area contributed by atoms with Crippen molar-refractivity contribution >= 4 is 15.9 Å². The van der Waals surface area contributed by atoms with Crippen LogP contribution in [0.5, 0.6) is 0 Å². The highest BCUT2D eigenvalue weighted by molar-refractivity contribution is 9.10. The van der Waals surface area contributed by atoms with Gasteiger partial charge in [-0.2, -0.15) is 0 Å². The molecular weight excluding hydrogens is 304 g/mol. The van der Waals surface area contributed by atoms with Crippen molar-refractivity contribution < 1.29 is 13.5 Å². The zero-order chi connectivity index (χ0) is 13.1. The molecule has 1 heterocycles. The second kappa shape index (κ2) is 6.08. The summed E-state index contributed by atoms with van der Waals surface area (Å²) in [5, 5.41) is 3.22. The first-order valence-electron chi connectivity index (χ1n) is 6.03. The Morgan fingerprint density at radius 1 is 1.44 bits per heavy atom. The van der Waals surface area contributed by atoms with Crippen LogP contribution >= 0.6 is 15.9 Å². The molecule has 1 fully saturated rings. The third-order valence-corrected chi connectivity index (χ3v) is 3.93. The molecule has 2 unspecified atom stereocenters. The van der Waals surface area contributed by atoms with Gasteiger partial charge in [-0.05, 0) is 40.4 Å². The predicted molar refractivity (Wildman–Crippen MR) is 69.3 cm³/mol. The van der Waals surface area contributed by atoms with E-state index >= 15 is 0 Å². The van der Waals surface area contributed by atoms with Crippen molar-refractivity contribution in [3.63, 3.8) is 0 Å². The molecular formula is C13H16BrF2NO. The molecule has 1 aliphatic rings. The largest absolute Gasteiger partial charge is 0.381 e. The SMILES string of the molecule is CC1COCCC1NCc1c(F)ccc(Br)c1F. The van der Waals surface area contributed by atoms with Crippen LogP contribution in [-0.4, -0.2) is 19.3 Å². The van der Waals surface area contributed by atoms with E-state index < -0.39 is 11.6 Å². The smallest absolute Gasteiger partial charge is 0.144 e. The van der Waals surface area contributed by atoms with E-state index in [0.717, 1.165) is 6.42 Å². The molecule has 1 aromatic carbocycles. The van der Waals surface area contributed by atoms with Gasteiger partial charge in [0.05, 0.1) is 11.1 Å². The summed E-state index contributed by atoms with van der Waals surface area (Å²) < 4.78 is 32.9. The van der Waals surface area contributed by atoms with E-state index in [9.17, 15) is 8.78 Å². The topological polar surface area (TPSA) is 21.3 Å². The monoisotopic (exact) mass is 319 g/mol. The van der Waals surface area contributed by atoms with Gasteiger partial charge in [0, 0.05) is 24.8 Å². The van der Waals surface area contributed by atoms with Crippen molar-refractivity contribution in [1.29, 1.82) is 0 Å². The lowest BCUT2D eigenvalue weighted by Gasteiger charge is -2.29. The second-order valence-electron chi connectivity index (χ2n) is 4.65. The van der Waals surface area contributed by atoms with E-state index in [-0.39, 0.29) is 18.2 Å². The van der Waals surface area contributed by atoms with Crippen molar-refractivity contribution in [3.8, 4) is 0 Å². The van der Waals surface area contributed by atoms with E-state index in [0.29, 0.717) is 23.6 Å². The average molecular weight is 320 g/mol. The fourth-order valence-corrected chi connectivity index (χ4v) is 2.52. The molecule has 0 bridgehead atoms. The van der Waals surface area contributed by atoms with Gasteiger partial charge in [0.2, 0.25) is 0 Å². The van der Waals surface area contributed by atoms with Gasteiger partial charge >= 0.3 is 0 Å². The Morgan fingerprint density at radius 3 is 2.94 bits per heavy atom. The van der Waals surface area contributed by atoms with E-state index in [1.807, 2.05) is 0 Å². The second-order valence-corrected chi connectivity index (χ2v) is 5.50. The van der Waals surface area contributed by atoms with E-state index in [4.69, 9.17) is 4.74 Å². The van der Waals surface area contributed by atoms with Gasteiger partial charge in [0.15, 0.2) is 0 Å². The van der Waals surface area contributed by atoms with E-state index in [1.165, 1.54) is 12.1 Å². The van der Waals surface area contributed by atoms with Crippen LogP contribution in [0.3, 0.4) is 0 Å². The predicted octanol–water partition coefficient (Wildman–Crippen LogP) is 3.24. The Hall–Kier alpha value is -0.520. The normalized spacial score (nSPS) is 24.2. The lowest BCUT2D eigenvalue weighted by Crippen LogP contribution is -2.41. The van der Waals surface area contributed by atoms with Crippen LogP contribution < -0.4 is 5.32 Å². The number of halogens is 3. The maximum absolute atomic E-state index is 13.8. The summed E-state index contributed by atoms with van der Waals surface area (Å²) in [4.78, 5) is 0. The summed E-state index contributed by atoms with van der Waals surface area (Å²) in [5.41, 5.74) is 0.0862. The Balaban J connectivity index is 2.03. The molecule has 5 heteroatoms. The summed E-state index contributed by atoms with van der Waals surface area (Å²) in [6.07, 6.45) is 0.873. The third-order valence-electron chi connectivity index (χ3n) is 3.32. The van der Waals surface area contributed by atoms with Crippen molar-refractivity contribution in [3.05, 3.63) is 33.8 Å². The van der Waals surface area contributed by atoms with Crippen LogP contribution in [0.1, 0.15) is 18.9 Å². The number of ether oxygens (including phenoxy) is 1. The minimum absolute atomic E-state index is 0.0862. The third kappa shape index (κ3) is 3.08. The molecule has 0 amide bonds. The number of nitrogens with one attached hydrogen (secondary N) is 1. The molecule has 2 nitrogen and oxygen atoms in total. The standard InChI is InChI=1S/C13H16BrF2NO/c1-8-7-18-5-4-12(8)17-6-9-11(15)3-2-10(14)13(9)16/h2-3,8,12,17H,4-7H2,1H3. The first-order valence-corrected chi connectivity index (χ1v) is 6.82. The molecule has 18 heavy (non-hydrogen) atoms. The minimum atomic E-state index is -0.526. The summed E-state index contributed by atoms with van der Waals surface area (Å²) in [7, 11) is 0. The molecule has 0 saturated carbocycles. The number of hydrogen-bond donors (Lipinski definition) is 1. The Morgan fingerprint density at radius 2 is 2.22 bits per heavy atom. The quantitative estimate of drug-likeness (QED) is 0.864. The maximum atomic E-state index is 13.8. The summed E-state index contributed by atoms with van der Waals surface area (Å²) in [5.74, 6) is -0.679. The van der Waals surface area contributed by atoms with Crippen LogP contribution in [0, 0.1) is 17.6 Å². The molecule has 1 saturated heterocycles. The highest BCUT2D eigenvalue weighted by Crippen LogP contribution is 2.22. The van der Waals surface area contributed by atoms with Crippen LogP contribution in [0.4, 0.5) is 8.78 Å². The molecule has 0 spiro atoms. The Kier molecular flexibility index (Phi) is 4.70. The summed E-state index contributed by atoms with van der Waals surface area (Å²) in [6.45, 7) is 3.67. The van der Waals surface area contributed by atoms with Crippen molar-refractivity contribution in [2.75, 3.05) is 13.2 Å². The van der Waals surface area contributed by atoms with Crippen molar-refractivity contribution in [1.82, 2.24) is 5.32 Å². The van der Waals surface area contributed by atoms with Gasteiger partial charge in [-0.3, -0.25) is 0 Å². The van der Waals surface area contributed by atoms with Crippen LogP contribution in [0.2, 0.25) is 0 Å². The number of benzene rings is 1. The molecule has 1 aromatic rings. The molecule has 1 N–H and O–H groups in total. The van der Waals surface area contributed by atoms with Crippen molar-refractivity contribution in [2.24, 2.45) is 5.92 Å². The molecule has 0 aromatic heterocycles. The lowest BCUT2D eigenvalue weighted by molar-refractivity contribution is 0.0385.